The summed E-state index contributed by atoms with van der Waals surface area (Å²) in [6, 6.07) is 7.19. The molecule has 0 radical (unpaired) electrons. The van der Waals surface area contributed by atoms with Gasteiger partial charge in [0.15, 0.2) is 0 Å². The molecule has 1 saturated carbocycles. The lowest BCUT2D eigenvalue weighted by molar-refractivity contribution is 0.316. The van der Waals surface area contributed by atoms with Crippen molar-refractivity contribution in [1.29, 1.82) is 0 Å². The summed E-state index contributed by atoms with van der Waals surface area (Å²) in [7, 11) is 0. The van der Waals surface area contributed by atoms with Crippen LogP contribution < -0.4 is 5.32 Å². The lowest BCUT2D eigenvalue weighted by Gasteiger charge is -2.15. The third-order valence-electron chi connectivity index (χ3n) is 3.91. The summed E-state index contributed by atoms with van der Waals surface area (Å²) in [5, 5.41) is 3.52. The molecule has 1 aliphatic heterocycles. The Labute approximate surface area is 110 Å². The highest BCUT2D eigenvalue weighted by Gasteiger charge is 2.21. The normalized spacial score (nSPS) is 24.6. The van der Waals surface area contributed by atoms with E-state index in [2.05, 4.69) is 35.3 Å². The zero-order valence-corrected chi connectivity index (χ0v) is 11.2. The largest absolute Gasteiger partial charge is 0.308 e. The molecule has 1 unspecified atom stereocenters. The Kier molecular flexibility index (Phi) is 3.62. The second kappa shape index (κ2) is 5.37. The van der Waals surface area contributed by atoms with Crippen LogP contribution in [-0.4, -0.2) is 29.0 Å². The maximum Gasteiger partial charge on any atom is 0.0547 e. The van der Waals surface area contributed by atoms with Crippen LogP contribution in [0.25, 0.3) is 0 Å². The summed E-state index contributed by atoms with van der Waals surface area (Å²) in [5.74, 6) is 0.852. The Morgan fingerprint density at radius 3 is 2.83 bits per heavy atom. The molecule has 3 rings (SSSR count). The van der Waals surface area contributed by atoms with Crippen molar-refractivity contribution >= 4 is 0 Å². The fraction of sp³-hybridized carbons (Fsp3) is 0.667. The SMILES string of the molecule is CC1CCN(Cc2cccc(CNC3CC3)n2)C1. The zero-order chi connectivity index (χ0) is 12.4. The summed E-state index contributed by atoms with van der Waals surface area (Å²) in [5.41, 5.74) is 2.41. The van der Waals surface area contributed by atoms with Crippen molar-refractivity contribution in [2.45, 2.75) is 45.3 Å². The summed E-state index contributed by atoms with van der Waals surface area (Å²) in [6.07, 6.45) is 4.01. The van der Waals surface area contributed by atoms with E-state index < -0.39 is 0 Å². The number of likely N-dealkylation sites (tertiary alicyclic amines) is 1. The number of hydrogen-bond donors (Lipinski definition) is 1. The molecule has 3 heteroatoms. The molecule has 0 aromatic carbocycles. The van der Waals surface area contributed by atoms with Gasteiger partial charge in [-0.3, -0.25) is 9.88 Å². The van der Waals surface area contributed by atoms with E-state index in [1.54, 1.807) is 0 Å². The van der Waals surface area contributed by atoms with Gasteiger partial charge >= 0.3 is 0 Å². The summed E-state index contributed by atoms with van der Waals surface area (Å²) < 4.78 is 0. The van der Waals surface area contributed by atoms with Gasteiger partial charge in [0.05, 0.1) is 11.4 Å². The topological polar surface area (TPSA) is 28.2 Å². The van der Waals surface area contributed by atoms with Gasteiger partial charge in [0.1, 0.15) is 0 Å². The van der Waals surface area contributed by atoms with Crippen molar-refractivity contribution in [3.63, 3.8) is 0 Å². The Balaban J connectivity index is 1.55. The van der Waals surface area contributed by atoms with Crippen LogP contribution in [0.5, 0.6) is 0 Å². The van der Waals surface area contributed by atoms with Crippen LogP contribution >= 0.6 is 0 Å². The molecule has 3 nitrogen and oxygen atoms in total. The van der Waals surface area contributed by atoms with Crippen molar-refractivity contribution in [2.75, 3.05) is 13.1 Å². The molecule has 18 heavy (non-hydrogen) atoms. The van der Waals surface area contributed by atoms with Gasteiger partial charge in [-0.2, -0.15) is 0 Å². The van der Waals surface area contributed by atoms with Crippen molar-refractivity contribution < 1.29 is 0 Å². The average Bonchev–Trinajstić information content (AvgIpc) is 3.11. The fourth-order valence-corrected chi connectivity index (χ4v) is 2.65. The molecule has 2 aliphatic rings. The zero-order valence-electron chi connectivity index (χ0n) is 11.2. The molecule has 0 bridgehead atoms. The average molecular weight is 245 g/mol. The van der Waals surface area contributed by atoms with E-state index in [1.165, 1.54) is 43.7 Å². The minimum absolute atomic E-state index is 0.759. The lowest BCUT2D eigenvalue weighted by atomic mass is 10.2. The number of hydrogen-bond acceptors (Lipinski definition) is 3. The number of nitrogens with zero attached hydrogens (tertiary/aromatic N) is 2. The first-order chi connectivity index (χ1) is 8.79. The molecule has 98 valence electrons. The molecule has 1 aromatic heterocycles. The van der Waals surface area contributed by atoms with Gasteiger partial charge in [-0.15, -0.1) is 0 Å². The van der Waals surface area contributed by atoms with Crippen molar-refractivity contribution in [2.24, 2.45) is 5.92 Å². The quantitative estimate of drug-likeness (QED) is 0.862. The first-order valence-electron chi connectivity index (χ1n) is 7.20. The van der Waals surface area contributed by atoms with E-state index in [9.17, 15) is 0 Å². The van der Waals surface area contributed by atoms with E-state index in [-0.39, 0.29) is 0 Å². The predicted molar refractivity (Wildman–Crippen MR) is 73.2 cm³/mol. The van der Waals surface area contributed by atoms with Gasteiger partial charge in [-0.25, -0.2) is 0 Å². The lowest BCUT2D eigenvalue weighted by Crippen LogP contribution is -2.21. The molecule has 1 saturated heterocycles. The third-order valence-corrected chi connectivity index (χ3v) is 3.91. The number of rotatable bonds is 5. The maximum atomic E-state index is 4.76. The fourth-order valence-electron chi connectivity index (χ4n) is 2.65. The first-order valence-corrected chi connectivity index (χ1v) is 7.20. The molecule has 1 atom stereocenters. The molecular weight excluding hydrogens is 222 g/mol. The molecular formula is C15H23N3. The van der Waals surface area contributed by atoms with Crippen LogP contribution in [0, 0.1) is 5.92 Å². The van der Waals surface area contributed by atoms with E-state index in [0.717, 1.165) is 25.0 Å². The van der Waals surface area contributed by atoms with Gasteiger partial charge in [0.2, 0.25) is 0 Å². The van der Waals surface area contributed by atoms with Crippen LogP contribution in [0.1, 0.15) is 37.6 Å². The monoisotopic (exact) mass is 245 g/mol. The summed E-state index contributed by atoms with van der Waals surface area (Å²) in [4.78, 5) is 7.28. The highest BCUT2D eigenvalue weighted by Crippen LogP contribution is 2.19. The molecule has 1 aromatic rings. The standard InChI is InChI=1S/C15H23N3/c1-12-7-8-18(10-12)11-15-4-2-3-14(17-15)9-16-13-5-6-13/h2-4,12-13,16H,5-11H2,1H3. The number of aromatic nitrogens is 1. The molecule has 1 aliphatic carbocycles. The Morgan fingerprint density at radius 2 is 2.11 bits per heavy atom. The number of nitrogens with one attached hydrogen (secondary N) is 1. The van der Waals surface area contributed by atoms with E-state index in [0.29, 0.717) is 0 Å². The first kappa shape index (κ1) is 12.1. The highest BCUT2D eigenvalue weighted by atomic mass is 15.1. The Morgan fingerprint density at radius 1 is 1.28 bits per heavy atom. The molecule has 0 spiro atoms. The Hall–Kier alpha value is -0.930. The highest BCUT2D eigenvalue weighted by molar-refractivity contribution is 5.11. The Bertz CT molecular complexity index is 400. The summed E-state index contributed by atoms with van der Waals surface area (Å²) in [6.45, 7) is 6.74. The molecule has 2 fully saturated rings. The second-order valence-corrected chi connectivity index (χ2v) is 5.90. The van der Waals surface area contributed by atoms with E-state index >= 15 is 0 Å². The van der Waals surface area contributed by atoms with E-state index in [1.807, 2.05) is 0 Å². The van der Waals surface area contributed by atoms with Crippen molar-refractivity contribution in [1.82, 2.24) is 15.2 Å². The van der Waals surface area contributed by atoms with Gasteiger partial charge in [-0.05, 0) is 43.9 Å². The third kappa shape index (κ3) is 3.30. The minimum Gasteiger partial charge on any atom is -0.308 e. The van der Waals surface area contributed by atoms with E-state index in [4.69, 9.17) is 4.98 Å². The van der Waals surface area contributed by atoms with Crippen molar-refractivity contribution in [3.05, 3.63) is 29.6 Å². The summed E-state index contributed by atoms with van der Waals surface area (Å²) >= 11 is 0. The van der Waals surface area contributed by atoms with Crippen LogP contribution in [0.2, 0.25) is 0 Å². The molecule has 2 heterocycles. The van der Waals surface area contributed by atoms with Gasteiger partial charge in [-0.1, -0.05) is 13.0 Å². The second-order valence-electron chi connectivity index (χ2n) is 5.90. The maximum absolute atomic E-state index is 4.76. The van der Waals surface area contributed by atoms with Crippen molar-refractivity contribution in [3.8, 4) is 0 Å². The van der Waals surface area contributed by atoms with Crippen LogP contribution in [0.15, 0.2) is 18.2 Å². The van der Waals surface area contributed by atoms with Gasteiger partial charge < -0.3 is 5.32 Å². The van der Waals surface area contributed by atoms with Crippen LogP contribution in [-0.2, 0) is 13.1 Å². The molecule has 0 amide bonds. The predicted octanol–water partition coefficient (Wildman–Crippen LogP) is 2.18. The van der Waals surface area contributed by atoms with Crippen LogP contribution in [0.3, 0.4) is 0 Å². The molecule has 1 N–H and O–H groups in total. The van der Waals surface area contributed by atoms with Gasteiger partial charge in [0, 0.05) is 25.7 Å². The van der Waals surface area contributed by atoms with Crippen LogP contribution in [0.4, 0.5) is 0 Å². The van der Waals surface area contributed by atoms with Gasteiger partial charge in [0.25, 0.3) is 0 Å². The smallest absolute Gasteiger partial charge is 0.0547 e. The minimum atomic E-state index is 0.759. The number of pyridine rings is 1.